The Morgan fingerprint density at radius 1 is 1.41 bits per heavy atom. The summed E-state index contributed by atoms with van der Waals surface area (Å²) in [5.74, 6) is 0.239. The Kier molecular flexibility index (Phi) is 3.92. The molecule has 1 heterocycles. The number of thiophene rings is 1. The quantitative estimate of drug-likeness (QED) is 0.882. The van der Waals surface area contributed by atoms with Crippen molar-refractivity contribution in [2.75, 3.05) is 0 Å². The van der Waals surface area contributed by atoms with Gasteiger partial charge in [0.1, 0.15) is 5.78 Å². The normalized spacial score (nSPS) is 12.8. The van der Waals surface area contributed by atoms with Gasteiger partial charge in [0.25, 0.3) is 0 Å². The summed E-state index contributed by atoms with van der Waals surface area (Å²) in [6, 6.07) is 8.21. The zero-order valence-electron chi connectivity index (χ0n) is 9.98. The molecule has 1 aromatic carbocycles. The highest BCUT2D eigenvalue weighted by molar-refractivity contribution is 7.17. The van der Waals surface area contributed by atoms with E-state index in [1.54, 1.807) is 11.3 Å². The van der Waals surface area contributed by atoms with Gasteiger partial charge < -0.3 is 5.73 Å². The second kappa shape index (κ2) is 5.43. The van der Waals surface area contributed by atoms with Crippen molar-refractivity contribution in [3.05, 3.63) is 35.2 Å². The van der Waals surface area contributed by atoms with Gasteiger partial charge in [-0.15, -0.1) is 11.3 Å². The third-order valence-corrected chi connectivity index (χ3v) is 3.98. The van der Waals surface area contributed by atoms with Crippen LogP contribution in [0, 0.1) is 0 Å². The van der Waals surface area contributed by atoms with E-state index in [4.69, 9.17) is 5.73 Å². The molecule has 17 heavy (non-hydrogen) atoms. The maximum atomic E-state index is 11.8. The van der Waals surface area contributed by atoms with Gasteiger partial charge in [0, 0.05) is 23.6 Å². The van der Waals surface area contributed by atoms with Crippen molar-refractivity contribution in [2.45, 2.75) is 32.2 Å². The lowest BCUT2D eigenvalue weighted by Gasteiger charge is -2.06. The number of carbonyl (C=O) groups is 1. The standard InChI is InChI=1S/C14H17NOS/c1-2-11(15)8-12(16)7-10-9-17-14-6-4-3-5-13(10)14/h3-6,9,11H,2,7-8,15H2,1H3. The number of nitrogens with two attached hydrogens (primary N) is 1. The first kappa shape index (κ1) is 12.3. The van der Waals surface area contributed by atoms with Gasteiger partial charge in [-0.25, -0.2) is 0 Å². The van der Waals surface area contributed by atoms with Crippen molar-refractivity contribution < 1.29 is 4.79 Å². The number of ketones is 1. The summed E-state index contributed by atoms with van der Waals surface area (Å²) in [6.07, 6.45) is 1.86. The number of hydrogen-bond donors (Lipinski definition) is 1. The van der Waals surface area contributed by atoms with Gasteiger partial charge in [-0.2, -0.15) is 0 Å². The van der Waals surface area contributed by atoms with E-state index in [2.05, 4.69) is 17.5 Å². The Labute approximate surface area is 105 Å². The molecule has 0 saturated heterocycles. The fourth-order valence-electron chi connectivity index (χ4n) is 1.89. The van der Waals surface area contributed by atoms with Crippen LogP contribution >= 0.6 is 11.3 Å². The molecule has 2 rings (SSSR count). The van der Waals surface area contributed by atoms with Crippen LogP contribution in [0.2, 0.25) is 0 Å². The topological polar surface area (TPSA) is 43.1 Å². The Bertz CT molecular complexity index is 518. The number of benzene rings is 1. The molecule has 90 valence electrons. The molecule has 0 spiro atoms. The third-order valence-electron chi connectivity index (χ3n) is 2.96. The summed E-state index contributed by atoms with van der Waals surface area (Å²) in [5.41, 5.74) is 6.94. The molecular formula is C14H17NOS. The van der Waals surface area contributed by atoms with E-state index in [9.17, 15) is 4.79 Å². The molecule has 2 N–H and O–H groups in total. The maximum absolute atomic E-state index is 11.8. The second-order valence-electron chi connectivity index (χ2n) is 4.35. The molecule has 0 bridgehead atoms. The molecule has 0 aliphatic rings. The van der Waals surface area contributed by atoms with Gasteiger partial charge in [0.15, 0.2) is 0 Å². The smallest absolute Gasteiger partial charge is 0.138 e. The minimum atomic E-state index is 0.00685. The number of rotatable bonds is 5. The summed E-state index contributed by atoms with van der Waals surface area (Å²) in [5, 5.41) is 3.29. The van der Waals surface area contributed by atoms with Gasteiger partial charge in [-0.3, -0.25) is 4.79 Å². The Balaban J connectivity index is 2.11. The lowest BCUT2D eigenvalue weighted by Crippen LogP contribution is -2.23. The van der Waals surface area contributed by atoms with Crippen LogP contribution in [0.4, 0.5) is 0 Å². The van der Waals surface area contributed by atoms with Crippen LogP contribution in [0.3, 0.4) is 0 Å². The van der Waals surface area contributed by atoms with Crippen molar-refractivity contribution in [1.82, 2.24) is 0 Å². The van der Waals surface area contributed by atoms with E-state index >= 15 is 0 Å². The van der Waals surface area contributed by atoms with E-state index in [1.807, 2.05) is 19.1 Å². The van der Waals surface area contributed by atoms with E-state index in [1.165, 1.54) is 10.1 Å². The van der Waals surface area contributed by atoms with Crippen LogP contribution in [0.25, 0.3) is 10.1 Å². The molecule has 0 fully saturated rings. The van der Waals surface area contributed by atoms with Crippen LogP contribution < -0.4 is 5.73 Å². The number of carbonyl (C=O) groups excluding carboxylic acids is 1. The predicted octanol–water partition coefficient (Wildman–Crippen LogP) is 3.14. The minimum Gasteiger partial charge on any atom is -0.327 e. The first-order valence-electron chi connectivity index (χ1n) is 5.93. The molecule has 2 nitrogen and oxygen atoms in total. The van der Waals surface area contributed by atoms with E-state index in [-0.39, 0.29) is 11.8 Å². The van der Waals surface area contributed by atoms with Gasteiger partial charge in [0.05, 0.1) is 0 Å². The molecule has 0 saturated carbocycles. The molecule has 0 aliphatic carbocycles. The van der Waals surface area contributed by atoms with Crippen LogP contribution in [-0.2, 0) is 11.2 Å². The van der Waals surface area contributed by atoms with Gasteiger partial charge in [0.2, 0.25) is 0 Å². The SMILES string of the molecule is CCC(N)CC(=O)Cc1csc2ccccc12. The number of Topliss-reactive ketones (excluding diaryl/α,β-unsaturated/α-hetero) is 1. The second-order valence-corrected chi connectivity index (χ2v) is 5.26. The zero-order valence-corrected chi connectivity index (χ0v) is 10.8. The molecule has 3 heteroatoms. The lowest BCUT2D eigenvalue weighted by atomic mass is 10.0. The van der Waals surface area contributed by atoms with Crippen molar-refractivity contribution >= 4 is 27.2 Å². The fraction of sp³-hybridized carbons (Fsp3) is 0.357. The third kappa shape index (κ3) is 2.93. The molecule has 0 amide bonds. The van der Waals surface area contributed by atoms with Gasteiger partial charge in [-0.05, 0) is 28.8 Å². The lowest BCUT2D eigenvalue weighted by molar-refractivity contribution is -0.118. The summed E-state index contributed by atoms with van der Waals surface area (Å²) in [7, 11) is 0. The first-order valence-corrected chi connectivity index (χ1v) is 6.81. The monoisotopic (exact) mass is 247 g/mol. The molecule has 0 aliphatic heterocycles. The Morgan fingerprint density at radius 2 is 2.18 bits per heavy atom. The highest BCUT2D eigenvalue weighted by Crippen LogP contribution is 2.26. The average molecular weight is 247 g/mol. The first-order chi connectivity index (χ1) is 8.20. The summed E-state index contributed by atoms with van der Waals surface area (Å²) in [6.45, 7) is 2.01. The Hall–Kier alpha value is -1.19. The predicted molar refractivity (Wildman–Crippen MR) is 73.4 cm³/mol. The maximum Gasteiger partial charge on any atom is 0.138 e. The highest BCUT2D eigenvalue weighted by Gasteiger charge is 2.11. The molecule has 1 atom stereocenters. The van der Waals surface area contributed by atoms with Crippen molar-refractivity contribution in [2.24, 2.45) is 5.73 Å². The van der Waals surface area contributed by atoms with Crippen LogP contribution in [0.1, 0.15) is 25.3 Å². The summed E-state index contributed by atoms with van der Waals surface area (Å²) < 4.78 is 1.25. The molecule has 1 unspecified atom stereocenters. The highest BCUT2D eigenvalue weighted by atomic mass is 32.1. The number of hydrogen-bond acceptors (Lipinski definition) is 3. The van der Waals surface area contributed by atoms with Crippen molar-refractivity contribution in [3.8, 4) is 0 Å². The van der Waals surface area contributed by atoms with Crippen molar-refractivity contribution in [3.63, 3.8) is 0 Å². The number of fused-ring (bicyclic) bond motifs is 1. The summed E-state index contributed by atoms with van der Waals surface area (Å²) in [4.78, 5) is 11.8. The summed E-state index contributed by atoms with van der Waals surface area (Å²) >= 11 is 1.70. The Morgan fingerprint density at radius 3 is 2.94 bits per heavy atom. The largest absolute Gasteiger partial charge is 0.327 e. The molecule has 0 radical (unpaired) electrons. The fourth-order valence-corrected chi connectivity index (χ4v) is 2.85. The zero-order chi connectivity index (χ0) is 12.3. The molecule has 1 aromatic heterocycles. The van der Waals surface area contributed by atoms with E-state index < -0.39 is 0 Å². The van der Waals surface area contributed by atoms with Crippen LogP contribution in [0.5, 0.6) is 0 Å². The van der Waals surface area contributed by atoms with Gasteiger partial charge in [-0.1, -0.05) is 25.1 Å². The van der Waals surface area contributed by atoms with Gasteiger partial charge >= 0.3 is 0 Å². The average Bonchev–Trinajstić information content (AvgIpc) is 2.72. The minimum absolute atomic E-state index is 0.00685. The van der Waals surface area contributed by atoms with Crippen LogP contribution in [-0.4, -0.2) is 11.8 Å². The van der Waals surface area contributed by atoms with Crippen molar-refractivity contribution in [1.29, 1.82) is 0 Å². The molecular weight excluding hydrogens is 230 g/mol. The van der Waals surface area contributed by atoms with E-state index in [0.29, 0.717) is 12.8 Å². The van der Waals surface area contributed by atoms with Crippen LogP contribution in [0.15, 0.2) is 29.6 Å². The molecule has 2 aromatic rings. The van der Waals surface area contributed by atoms with E-state index in [0.717, 1.165) is 12.0 Å².